The Kier molecular flexibility index (Phi) is 4.10. The number of fused-ring (bicyclic) bond motifs is 3. The molecule has 130 valence electrons. The van der Waals surface area contributed by atoms with Gasteiger partial charge in [0, 0.05) is 13.0 Å². The van der Waals surface area contributed by atoms with Gasteiger partial charge in [0.05, 0.1) is 17.5 Å². The molecular weight excluding hydrogens is 350 g/mol. The number of carbonyl (C=O) groups excluding carboxylic acids is 1. The lowest BCUT2D eigenvalue weighted by Gasteiger charge is -2.03. The smallest absolute Gasteiger partial charge is 0.362 e. The van der Waals surface area contributed by atoms with Gasteiger partial charge in [-0.2, -0.15) is 4.40 Å². The molecule has 4 rings (SSSR count). The van der Waals surface area contributed by atoms with E-state index in [0.717, 1.165) is 21.7 Å². The minimum atomic E-state index is -0.220. The second-order valence-corrected chi connectivity index (χ2v) is 6.61. The van der Waals surface area contributed by atoms with Crippen LogP contribution in [0.2, 0.25) is 0 Å². The van der Waals surface area contributed by atoms with Crippen LogP contribution in [0, 0.1) is 0 Å². The van der Waals surface area contributed by atoms with E-state index in [1.165, 1.54) is 18.3 Å². The van der Waals surface area contributed by atoms with Crippen molar-refractivity contribution >= 4 is 50.0 Å². The standard InChI is InChI=1S/C18H15N5O2S/c1-11(24)19-16-21-17(20-12-6-4-3-5-7-12)23-14-9-8-13(25-2)10-15(14)26-18(23)22-16/h3-10H,1-2H3,(H,19,20,21,24)/p+1. The Bertz CT molecular complexity index is 1110. The van der Waals surface area contributed by atoms with Gasteiger partial charge in [-0.1, -0.05) is 39.5 Å². The highest BCUT2D eigenvalue weighted by atomic mass is 32.1. The topological polar surface area (TPSA) is 80.2 Å². The highest BCUT2D eigenvalue weighted by Crippen LogP contribution is 2.27. The number of amides is 1. The maximum Gasteiger partial charge on any atom is 0.362 e. The molecule has 0 atom stereocenters. The molecule has 2 heterocycles. The molecule has 26 heavy (non-hydrogen) atoms. The van der Waals surface area contributed by atoms with Crippen molar-refractivity contribution in [2.24, 2.45) is 0 Å². The Labute approximate surface area is 153 Å². The van der Waals surface area contributed by atoms with Crippen LogP contribution < -0.4 is 19.8 Å². The fourth-order valence-corrected chi connectivity index (χ4v) is 3.67. The average molecular weight is 366 g/mol. The Balaban J connectivity index is 1.94. The predicted molar refractivity (Wildman–Crippen MR) is 101 cm³/mol. The van der Waals surface area contributed by atoms with E-state index < -0.39 is 0 Å². The predicted octanol–water partition coefficient (Wildman–Crippen LogP) is 3.14. The first-order valence-corrected chi connectivity index (χ1v) is 8.76. The third-order valence-electron chi connectivity index (χ3n) is 3.74. The molecule has 7 nitrogen and oxygen atoms in total. The number of carbonyl (C=O) groups is 1. The van der Waals surface area contributed by atoms with Gasteiger partial charge in [-0.05, 0) is 24.3 Å². The van der Waals surface area contributed by atoms with E-state index in [2.05, 4.69) is 20.6 Å². The Hall–Kier alpha value is -3.26. The number of thiazole rings is 1. The number of nitrogens with zero attached hydrogens (tertiary/aromatic N) is 3. The van der Waals surface area contributed by atoms with Crippen LogP contribution in [-0.2, 0) is 4.79 Å². The molecule has 0 spiro atoms. The van der Waals surface area contributed by atoms with Crippen LogP contribution in [0.4, 0.5) is 17.6 Å². The largest absolute Gasteiger partial charge is 0.497 e. The number of aromatic nitrogens is 3. The van der Waals surface area contributed by atoms with Crippen LogP contribution in [0.1, 0.15) is 6.92 Å². The van der Waals surface area contributed by atoms with Crippen molar-refractivity contribution in [3.05, 3.63) is 48.5 Å². The number of ether oxygens (including phenoxy) is 1. The molecule has 0 aliphatic rings. The maximum atomic E-state index is 11.4. The number of nitrogens with one attached hydrogen (secondary N) is 2. The van der Waals surface area contributed by atoms with Gasteiger partial charge in [-0.15, -0.1) is 0 Å². The fourth-order valence-electron chi connectivity index (χ4n) is 2.63. The van der Waals surface area contributed by atoms with E-state index >= 15 is 0 Å². The lowest BCUT2D eigenvalue weighted by molar-refractivity contribution is -0.467. The van der Waals surface area contributed by atoms with E-state index in [1.54, 1.807) is 7.11 Å². The maximum absolute atomic E-state index is 11.4. The zero-order valence-corrected chi connectivity index (χ0v) is 15.0. The molecule has 2 aromatic heterocycles. The van der Waals surface area contributed by atoms with Gasteiger partial charge in [0.1, 0.15) is 11.3 Å². The summed E-state index contributed by atoms with van der Waals surface area (Å²) in [6.45, 7) is 1.43. The number of benzene rings is 2. The van der Waals surface area contributed by atoms with Crippen LogP contribution in [0.25, 0.3) is 15.2 Å². The molecular formula is C18H16N5O2S+. The minimum absolute atomic E-state index is 0.220. The van der Waals surface area contributed by atoms with Crippen molar-refractivity contribution in [3.8, 4) is 5.75 Å². The zero-order valence-electron chi connectivity index (χ0n) is 14.2. The van der Waals surface area contributed by atoms with Crippen LogP contribution >= 0.6 is 11.3 Å². The SMILES string of the molecule is COc1ccc2c(c1)sc1nc(NC(C)=O)nc(Nc3ccccc3)[n+]12. The molecule has 4 aromatic rings. The second kappa shape index (κ2) is 6.57. The van der Waals surface area contributed by atoms with Crippen LogP contribution in [-0.4, -0.2) is 23.0 Å². The number of para-hydroxylation sites is 1. The van der Waals surface area contributed by atoms with E-state index in [0.29, 0.717) is 10.9 Å². The van der Waals surface area contributed by atoms with Gasteiger partial charge in [0.25, 0.3) is 0 Å². The Morgan fingerprint density at radius 1 is 1.15 bits per heavy atom. The highest BCUT2D eigenvalue weighted by Gasteiger charge is 2.21. The summed E-state index contributed by atoms with van der Waals surface area (Å²) >= 11 is 1.50. The molecule has 0 aliphatic carbocycles. The molecule has 8 heteroatoms. The van der Waals surface area contributed by atoms with Gasteiger partial charge in [0.15, 0.2) is 0 Å². The molecule has 1 amide bonds. The normalized spacial score (nSPS) is 10.8. The van der Waals surface area contributed by atoms with Crippen molar-refractivity contribution < 1.29 is 13.9 Å². The lowest BCUT2D eigenvalue weighted by atomic mass is 10.3. The fraction of sp³-hybridized carbons (Fsp3) is 0.111. The third-order valence-corrected chi connectivity index (χ3v) is 4.75. The van der Waals surface area contributed by atoms with Crippen molar-refractivity contribution in [3.63, 3.8) is 0 Å². The van der Waals surface area contributed by atoms with Gasteiger partial charge >= 0.3 is 16.9 Å². The van der Waals surface area contributed by atoms with Gasteiger partial charge < -0.3 is 4.74 Å². The monoisotopic (exact) mass is 366 g/mol. The summed E-state index contributed by atoms with van der Waals surface area (Å²) in [5, 5.41) is 5.96. The van der Waals surface area contributed by atoms with Crippen molar-refractivity contribution in [2.45, 2.75) is 6.92 Å². The summed E-state index contributed by atoms with van der Waals surface area (Å²) in [6, 6.07) is 15.6. The Morgan fingerprint density at radius 2 is 1.96 bits per heavy atom. The molecule has 0 aliphatic heterocycles. The summed E-state index contributed by atoms with van der Waals surface area (Å²) in [5.74, 6) is 1.39. The first kappa shape index (κ1) is 16.2. The van der Waals surface area contributed by atoms with Gasteiger partial charge in [-0.25, -0.2) is 0 Å². The number of hydrogen-bond donors (Lipinski definition) is 2. The van der Waals surface area contributed by atoms with E-state index in [4.69, 9.17) is 4.74 Å². The van der Waals surface area contributed by atoms with E-state index in [1.807, 2.05) is 52.9 Å². The van der Waals surface area contributed by atoms with Crippen LogP contribution in [0.5, 0.6) is 5.75 Å². The lowest BCUT2D eigenvalue weighted by Crippen LogP contribution is -2.28. The summed E-state index contributed by atoms with van der Waals surface area (Å²) in [4.78, 5) is 21.1. The van der Waals surface area contributed by atoms with Crippen molar-refractivity contribution in [1.82, 2.24) is 9.97 Å². The highest BCUT2D eigenvalue weighted by molar-refractivity contribution is 7.22. The molecule has 0 fully saturated rings. The molecule has 0 bridgehead atoms. The van der Waals surface area contributed by atoms with Gasteiger partial charge in [0.2, 0.25) is 5.91 Å². The minimum Gasteiger partial charge on any atom is -0.497 e. The Morgan fingerprint density at radius 3 is 2.69 bits per heavy atom. The number of hydrogen-bond acceptors (Lipinski definition) is 6. The van der Waals surface area contributed by atoms with E-state index in [9.17, 15) is 4.79 Å². The zero-order chi connectivity index (χ0) is 18.1. The first-order valence-electron chi connectivity index (χ1n) is 7.94. The summed E-state index contributed by atoms with van der Waals surface area (Å²) in [6.07, 6.45) is 0. The van der Waals surface area contributed by atoms with Gasteiger partial charge in [-0.3, -0.25) is 15.4 Å². The van der Waals surface area contributed by atoms with Crippen LogP contribution in [0.15, 0.2) is 48.5 Å². The number of rotatable bonds is 4. The quantitative estimate of drug-likeness (QED) is 0.543. The van der Waals surface area contributed by atoms with Crippen LogP contribution in [0.3, 0.4) is 0 Å². The molecule has 0 unspecified atom stereocenters. The number of methoxy groups -OCH3 is 1. The van der Waals surface area contributed by atoms with Crippen molar-refractivity contribution in [2.75, 3.05) is 17.7 Å². The van der Waals surface area contributed by atoms with Crippen molar-refractivity contribution in [1.29, 1.82) is 0 Å². The average Bonchev–Trinajstić information content (AvgIpc) is 2.99. The van der Waals surface area contributed by atoms with E-state index in [-0.39, 0.29) is 11.9 Å². The first-order chi connectivity index (χ1) is 12.6. The second-order valence-electron chi connectivity index (χ2n) is 5.60. The third kappa shape index (κ3) is 3.02. The summed E-state index contributed by atoms with van der Waals surface area (Å²) < 4.78 is 8.25. The molecule has 2 aromatic carbocycles. The molecule has 0 radical (unpaired) electrons. The molecule has 0 saturated heterocycles. The summed E-state index contributed by atoms with van der Waals surface area (Å²) in [7, 11) is 1.64. The summed E-state index contributed by atoms with van der Waals surface area (Å²) in [5.41, 5.74) is 1.85. The number of anilines is 3. The molecule has 0 saturated carbocycles. The molecule has 2 N–H and O–H groups in total.